The number of aromatic amines is 1. The Morgan fingerprint density at radius 2 is 1.93 bits per heavy atom. The number of aromatic nitrogens is 1. The molecular weight excluding hydrogens is 244 g/mol. The maximum absolute atomic E-state index is 10.7. The van der Waals surface area contributed by atoms with Crippen LogP contribution in [0.3, 0.4) is 0 Å². The van der Waals surface area contributed by atoms with Crippen LogP contribution in [-0.4, -0.2) is 11.3 Å². The molecule has 0 aliphatic heterocycles. The predicted octanol–water partition coefficient (Wildman–Crippen LogP) is 3.94. The van der Waals surface area contributed by atoms with Crippen LogP contribution in [0.5, 0.6) is 0 Å². The van der Waals surface area contributed by atoms with Crippen LogP contribution >= 0.6 is 34.8 Å². The molecule has 0 amide bonds. The van der Waals surface area contributed by atoms with Gasteiger partial charge in [0.2, 0.25) is 0 Å². The van der Waals surface area contributed by atoms with Gasteiger partial charge in [-0.2, -0.15) is 0 Å². The van der Waals surface area contributed by atoms with Crippen LogP contribution in [0.15, 0.2) is 12.1 Å². The van der Waals surface area contributed by atoms with Crippen molar-refractivity contribution in [2.75, 3.05) is 0 Å². The number of H-pyrrole nitrogens is 1. The molecule has 0 spiro atoms. The Balaban J connectivity index is 2.95. The van der Waals surface area contributed by atoms with Crippen LogP contribution < -0.4 is 0 Å². The Kier molecular flexibility index (Phi) is 2.43. The van der Waals surface area contributed by atoms with E-state index >= 15 is 0 Å². The number of carbonyl (C=O) groups is 1. The monoisotopic (exact) mass is 247 g/mol. The number of hydrogen-bond acceptors (Lipinski definition) is 1. The fourth-order valence-electron chi connectivity index (χ4n) is 1.35. The van der Waals surface area contributed by atoms with E-state index in [1.165, 1.54) is 0 Å². The zero-order valence-electron chi connectivity index (χ0n) is 6.77. The minimum atomic E-state index is 0.277. The number of benzene rings is 1. The molecule has 5 heteroatoms. The van der Waals surface area contributed by atoms with Crippen molar-refractivity contribution >= 4 is 52.0 Å². The van der Waals surface area contributed by atoms with Gasteiger partial charge in [0.1, 0.15) is 5.15 Å². The predicted molar refractivity (Wildman–Crippen MR) is 58.7 cm³/mol. The van der Waals surface area contributed by atoms with Crippen LogP contribution in [-0.2, 0) is 0 Å². The maximum Gasteiger partial charge on any atom is 0.153 e. The van der Waals surface area contributed by atoms with Crippen molar-refractivity contribution in [3.63, 3.8) is 0 Å². The molecule has 2 aromatic rings. The molecule has 72 valence electrons. The highest BCUT2D eigenvalue weighted by Gasteiger charge is 2.12. The maximum atomic E-state index is 10.7. The van der Waals surface area contributed by atoms with Crippen LogP contribution in [0.25, 0.3) is 10.9 Å². The number of hydrogen-bond donors (Lipinski definition) is 1. The summed E-state index contributed by atoms with van der Waals surface area (Å²) in [7, 11) is 0. The van der Waals surface area contributed by atoms with Crippen molar-refractivity contribution in [3.05, 3.63) is 32.9 Å². The van der Waals surface area contributed by atoms with Crippen LogP contribution in [0.2, 0.25) is 15.2 Å². The number of fused-ring (bicyclic) bond motifs is 1. The lowest BCUT2D eigenvalue weighted by molar-refractivity contribution is 0.112. The molecule has 1 heterocycles. The van der Waals surface area contributed by atoms with Gasteiger partial charge in [-0.1, -0.05) is 34.8 Å². The van der Waals surface area contributed by atoms with E-state index in [0.29, 0.717) is 32.8 Å². The Morgan fingerprint density at radius 3 is 2.57 bits per heavy atom. The molecule has 0 radical (unpaired) electrons. The zero-order chi connectivity index (χ0) is 10.3. The van der Waals surface area contributed by atoms with Crippen molar-refractivity contribution in [1.82, 2.24) is 4.98 Å². The molecule has 2 rings (SSSR count). The summed E-state index contributed by atoms with van der Waals surface area (Å²) in [6.07, 6.45) is 0.668. The Hall–Kier alpha value is -0.700. The summed E-state index contributed by atoms with van der Waals surface area (Å²) in [5.41, 5.74) is 1.03. The zero-order valence-corrected chi connectivity index (χ0v) is 9.04. The molecule has 0 bridgehead atoms. The quantitative estimate of drug-likeness (QED) is 0.762. The van der Waals surface area contributed by atoms with Gasteiger partial charge < -0.3 is 4.98 Å². The lowest BCUT2D eigenvalue weighted by Gasteiger charge is -1.95. The van der Waals surface area contributed by atoms with E-state index < -0.39 is 0 Å². The van der Waals surface area contributed by atoms with Gasteiger partial charge in [-0.05, 0) is 12.1 Å². The van der Waals surface area contributed by atoms with Crippen molar-refractivity contribution in [2.45, 2.75) is 0 Å². The normalized spacial score (nSPS) is 10.8. The molecule has 1 N–H and O–H groups in total. The molecule has 1 aromatic carbocycles. The second-order valence-corrected chi connectivity index (χ2v) is 4.00. The first-order valence-electron chi connectivity index (χ1n) is 3.75. The van der Waals surface area contributed by atoms with Crippen LogP contribution in [0.4, 0.5) is 0 Å². The number of nitrogens with one attached hydrogen (secondary N) is 1. The third kappa shape index (κ3) is 1.40. The number of halogens is 3. The summed E-state index contributed by atoms with van der Waals surface area (Å²) < 4.78 is 0. The Labute approximate surface area is 94.8 Å². The van der Waals surface area contributed by atoms with Gasteiger partial charge in [0.25, 0.3) is 0 Å². The molecule has 0 saturated carbocycles. The highest BCUT2D eigenvalue weighted by Crippen LogP contribution is 2.33. The van der Waals surface area contributed by atoms with E-state index in [0.717, 1.165) is 0 Å². The molecule has 0 unspecified atom stereocenters. The van der Waals surface area contributed by atoms with Crippen molar-refractivity contribution < 1.29 is 4.79 Å². The summed E-state index contributed by atoms with van der Waals surface area (Å²) in [5, 5.41) is 1.80. The minimum Gasteiger partial charge on any atom is -0.345 e. The molecule has 14 heavy (non-hydrogen) atoms. The van der Waals surface area contributed by atoms with Crippen molar-refractivity contribution in [3.8, 4) is 0 Å². The second kappa shape index (κ2) is 3.46. The van der Waals surface area contributed by atoms with E-state index in [9.17, 15) is 4.79 Å². The second-order valence-electron chi connectivity index (χ2n) is 2.78. The van der Waals surface area contributed by atoms with Gasteiger partial charge in [-0.25, -0.2) is 0 Å². The summed E-state index contributed by atoms with van der Waals surface area (Å²) >= 11 is 17.5. The van der Waals surface area contributed by atoms with E-state index in [1.54, 1.807) is 12.1 Å². The molecule has 1 aromatic heterocycles. The molecule has 0 fully saturated rings. The highest BCUT2D eigenvalue weighted by atomic mass is 35.5. The third-order valence-corrected chi connectivity index (χ3v) is 2.74. The Bertz CT molecular complexity index is 518. The third-order valence-electron chi connectivity index (χ3n) is 1.92. The first-order chi connectivity index (χ1) is 6.63. The fraction of sp³-hybridized carbons (Fsp3) is 0. The smallest absolute Gasteiger partial charge is 0.153 e. The average molecular weight is 248 g/mol. The van der Waals surface area contributed by atoms with Gasteiger partial charge in [0.15, 0.2) is 6.29 Å². The van der Waals surface area contributed by atoms with Crippen LogP contribution in [0, 0.1) is 0 Å². The van der Waals surface area contributed by atoms with E-state index in [2.05, 4.69) is 4.98 Å². The standard InChI is InChI=1S/C9H4Cl3NO/c10-4-1-6(11)8-5(3-14)9(12)13-7(8)2-4/h1-3,13H. The highest BCUT2D eigenvalue weighted by molar-refractivity contribution is 6.41. The number of aldehydes is 1. The van der Waals surface area contributed by atoms with Crippen LogP contribution in [0.1, 0.15) is 10.4 Å². The SMILES string of the molecule is O=Cc1c(Cl)[nH]c2cc(Cl)cc(Cl)c12. The van der Waals surface area contributed by atoms with E-state index in [1.807, 2.05) is 0 Å². The lowest BCUT2D eigenvalue weighted by Crippen LogP contribution is -1.78. The summed E-state index contributed by atoms with van der Waals surface area (Å²) in [6.45, 7) is 0. The molecule has 0 atom stereocenters. The first kappa shape index (κ1) is 9.84. The lowest BCUT2D eigenvalue weighted by atomic mass is 10.2. The van der Waals surface area contributed by atoms with Gasteiger partial charge >= 0.3 is 0 Å². The first-order valence-corrected chi connectivity index (χ1v) is 4.88. The van der Waals surface area contributed by atoms with Crippen molar-refractivity contribution in [1.29, 1.82) is 0 Å². The largest absolute Gasteiger partial charge is 0.345 e. The molecule has 0 aliphatic rings. The van der Waals surface area contributed by atoms with Gasteiger partial charge in [-0.3, -0.25) is 4.79 Å². The molecule has 2 nitrogen and oxygen atoms in total. The molecule has 0 aliphatic carbocycles. The summed E-state index contributed by atoms with van der Waals surface area (Å²) in [6, 6.07) is 3.24. The topological polar surface area (TPSA) is 32.9 Å². The fourth-order valence-corrected chi connectivity index (χ4v) is 2.19. The van der Waals surface area contributed by atoms with Gasteiger partial charge in [-0.15, -0.1) is 0 Å². The van der Waals surface area contributed by atoms with Gasteiger partial charge in [0, 0.05) is 10.4 Å². The summed E-state index contributed by atoms with van der Waals surface area (Å²) in [4.78, 5) is 13.6. The number of rotatable bonds is 1. The number of carbonyl (C=O) groups excluding carboxylic acids is 1. The average Bonchev–Trinajstić information content (AvgIpc) is 2.40. The van der Waals surface area contributed by atoms with E-state index in [-0.39, 0.29) is 5.15 Å². The van der Waals surface area contributed by atoms with Gasteiger partial charge in [0.05, 0.1) is 16.1 Å². The van der Waals surface area contributed by atoms with E-state index in [4.69, 9.17) is 34.8 Å². The molecule has 0 saturated heterocycles. The van der Waals surface area contributed by atoms with Crippen molar-refractivity contribution in [2.24, 2.45) is 0 Å². The molecular formula is C9H4Cl3NO. The Morgan fingerprint density at radius 1 is 1.21 bits per heavy atom. The minimum absolute atomic E-state index is 0.277. The summed E-state index contributed by atoms with van der Waals surface area (Å²) in [5.74, 6) is 0.